The molecule has 4 nitrogen and oxygen atoms in total. The Morgan fingerprint density at radius 1 is 1.29 bits per heavy atom. The van der Waals surface area contributed by atoms with Crippen LogP contribution in [0.1, 0.15) is 60.3 Å². The monoisotopic (exact) mass is 298 g/mol. The van der Waals surface area contributed by atoms with Crippen LogP contribution >= 0.6 is 0 Å². The number of hydrogen-bond acceptors (Lipinski definition) is 4. The van der Waals surface area contributed by atoms with Crippen LogP contribution in [0.2, 0.25) is 0 Å². The Morgan fingerprint density at radius 3 is 2.48 bits per heavy atom. The van der Waals surface area contributed by atoms with Gasteiger partial charge in [0.1, 0.15) is 5.60 Å². The van der Waals surface area contributed by atoms with Crippen molar-refractivity contribution in [1.82, 2.24) is 0 Å². The fourth-order valence-corrected chi connectivity index (χ4v) is 2.37. The van der Waals surface area contributed by atoms with E-state index in [2.05, 4.69) is 20.4 Å². The number of hydrogen-bond donors (Lipinski definition) is 0. The van der Waals surface area contributed by atoms with E-state index in [4.69, 9.17) is 14.2 Å². The molecule has 0 aromatic heterocycles. The van der Waals surface area contributed by atoms with Gasteiger partial charge < -0.3 is 14.2 Å². The van der Waals surface area contributed by atoms with Gasteiger partial charge in [-0.2, -0.15) is 0 Å². The number of ether oxygens (including phenoxy) is 3. The minimum atomic E-state index is -0.546. The molecule has 21 heavy (non-hydrogen) atoms. The highest BCUT2D eigenvalue weighted by molar-refractivity contribution is 5.87. The summed E-state index contributed by atoms with van der Waals surface area (Å²) in [5, 5.41) is 0. The molecule has 0 N–H and O–H groups in total. The summed E-state index contributed by atoms with van der Waals surface area (Å²) in [6.45, 7) is 14.6. The van der Waals surface area contributed by atoms with Crippen molar-refractivity contribution in [3.8, 4) is 0 Å². The maximum atomic E-state index is 11.6. The Kier molecular flexibility index (Phi) is 6.41. The molecule has 1 heterocycles. The maximum absolute atomic E-state index is 11.6. The summed E-state index contributed by atoms with van der Waals surface area (Å²) >= 11 is 0. The van der Waals surface area contributed by atoms with Crippen LogP contribution in [0.25, 0.3) is 0 Å². The minimum Gasteiger partial charge on any atom is -0.456 e. The van der Waals surface area contributed by atoms with Gasteiger partial charge in [0.15, 0.2) is 0 Å². The van der Waals surface area contributed by atoms with Crippen LogP contribution in [0.5, 0.6) is 0 Å². The van der Waals surface area contributed by atoms with Gasteiger partial charge in [-0.05, 0) is 47.5 Å². The lowest BCUT2D eigenvalue weighted by molar-refractivity contribution is -0.154. The van der Waals surface area contributed by atoms with E-state index in [0.717, 1.165) is 25.9 Å². The molecule has 122 valence electrons. The van der Waals surface area contributed by atoms with Gasteiger partial charge in [-0.1, -0.05) is 6.58 Å². The zero-order valence-electron chi connectivity index (χ0n) is 14.2. The van der Waals surface area contributed by atoms with Crippen LogP contribution in [0.3, 0.4) is 0 Å². The fourth-order valence-electron chi connectivity index (χ4n) is 2.37. The molecule has 1 atom stereocenters. The zero-order valence-corrected chi connectivity index (χ0v) is 14.2. The topological polar surface area (TPSA) is 44.8 Å². The Bertz CT molecular complexity index is 365. The lowest BCUT2D eigenvalue weighted by Gasteiger charge is -2.31. The van der Waals surface area contributed by atoms with Gasteiger partial charge >= 0.3 is 5.97 Å². The van der Waals surface area contributed by atoms with Crippen LogP contribution in [0, 0.1) is 0 Å². The molecule has 0 radical (unpaired) electrons. The van der Waals surface area contributed by atoms with Gasteiger partial charge in [0.05, 0.1) is 18.3 Å². The second kappa shape index (κ2) is 7.41. The molecule has 1 saturated heterocycles. The summed E-state index contributed by atoms with van der Waals surface area (Å²) in [6, 6.07) is 0. The van der Waals surface area contributed by atoms with E-state index in [1.165, 1.54) is 0 Å². The van der Waals surface area contributed by atoms with Crippen LogP contribution in [0.15, 0.2) is 12.2 Å². The molecular formula is C17H30O4. The first-order valence-corrected chi connectivity index (χ1v) is 7.76. The van der Waals surface area contributed by atoms with Gasteiger partial charge in [-0.15, -0.1) is 0 Å². The molecule has 1 aliphatic rings. The van der Waals surface area contributed by atoms with Gasteiger partial charge in [0.25, 0.3) is 0 Å². The number of carbonyl (C=O) groups excluding carboxylic acids is 1. The average Bonchev–Trinajstić information content (AvgIpc) is 2.79. The van der Waals surface area contributed by atoms with Crippen molar-refractivity contribution in [2.45, 2.75) is 77.6 Å². The third kappa shape index (κ3) is 7.09. The summed E-state index contributed by atoms with van der Waals surface area (Å²) < 4.78 is 17.0. The van der Waals surface area contributed by atoms with E-state index < -0.39 is 5.60 Å². The highest BCUT2D eigenvalue weighted by atomic mass is 16.6. The average molecular weight is 298 g/mol. The van der Waals surface area contributed by atoms with Crippen molar-refractivity contribution in [2.24, 2.45) is 0 Å². The fraction of sp³-hybridized carbons (Fsp3) is 0.824. The molecule has 1 aliphatic heterocycles. The van der Waals surface area contributed by atoms with Gasteiger partial charge in [0, 0.05) is 25.0 Å². The largest absolute Gasteiger partial charge is 0.456 e. The number of rotatable bonds is 8. The summed E-state index contributed by atoms with van der Waals surface area (Å²) in [5.74, 6) is -0.349. The van der Waals surface area contributed by atoms with Gasteiger partial charge in [-0.3, -0.25) is 0 Å². The van der Waals surface area contributed by atoms with Crippen LogP contribution < -0.4 is 0 Å². The standard InChI is InChI=1S/C17H30O4/c1-13(2)15(18)21-16(3,4)9-11-20-17(5,6)12-14-8-7-10-19-14/h14H,1,7-12H2,2-6H3. The number of carbonyl (C=O) groups is 1. The van der Waals surface area contributed by atoms with E-state index in [9.17, 15) is 4.79 Å². The predicted octanol–water partition coefficient (Wildman–Crippen LogP) is 3.64. The highest BCUT2D eigenvalue weighted by Crippen LogP contribution is 2.26. The second-order valence-corrected chi connectivity index (χ2v) is 7.13. The van der Waals surface area contributed by atoms with Gasteiger partial charge in [0.2, 0.25) is 0 Å². The predicted molar refractivity (Wildman–Crippen MR) is 83.2 cm³/mol. The van der Waals surface area contributed by atoms with Crippen molar-refractivity contribution in [1.29, 1.82) is 0 Å². The summed E-state index contributed by atoms with van der Waals surface area (Å²) in [6.07, 6.45) is 4.13. The summed E-state index contributed by atoms with van der Waals surface area (Å²) in [5.41, 5.74) is -0.345. The first-order valence-electron chi connectivity index (χ1n) is 7.76. The molecular weight excluding hydrogens is 268 g/mol. The Hall–Kier alpha value is -0.870. The van der Waals surface area contributed by atoms with Crippen molar-refractivity contribution in [3.05, 3.63) is 12.2 Å². The molecule has 1 unspecified atom stereocenters. The highest BCUT2D eigenvalue weighted by Gasteiger charge is 2.29. The molecule has 4 heteroatoms. The molecule has 0 aromatic rings. The Morgan fingerprint density at radius 2 is 1.95 bits per heavy atom. The lowest BCUT2D eigenvalue weighted by Crippen LogP contribution is -2.34. The van der Waals surface area contributed by atoms with E-state index in [0.29, 0.717) is 24.7 Å². The molecule has 0 bridgehead atoms. The quantitative estimate of drug-likeness (QED) is 0.507. The van der Waals surface area contributed by atoms with Crippen molar-refractivity contribution < 1.29 is 19.0 Å². The number of esters is 1. The molecule has 1 fully saturated rings. The molecule has 0 spiro atoms. The molecule has 0 aliphatic carbocycles. The lowest BCUT2D eigenvalue weighted by atomic mass is 9.98. The van der Waals surface area contributed by atoms with E-state index >= 15 is 0 Å². The first kappa shape index (κ1) is 18.2. The van der Waals surface area contributed by atoms with Crippen molar-refractivity contribution in [2.75, 3.05) is 13.2 Å². The van der Waals surface area contributed by atoms with E-state index in [1.54, 1.807) is 6.92 Å². The third-order valence-electron chi connectivity index (χ3n) is 3.66. The van der Waals surface area contributed by atoms with Crippen LogP contribution in [0.4, 0.5) is 0 Å². The van der Waals surface area contributed by atoms with E-state index in [-0.39, 0.29) is 11.6 Å². The summed E-state index contributed by atoms with van der Waals surface area (Å²) in [4.78, 5) is 11.6. The molecule has 1 rings (SSSR count). The first-order chi connectivity index (χ1) is 9.61. The van der Waals surface area contributed by atoms with Crippen molar-refractivity contribution >= 4 is 5.97 Å². The van der Waals surface area contributed by atoms with Crippen LogP contribution in [-0.2, 0) is 19.0 Å². The third-order valence-corrected chi connectivity index (χ3v) is 3.66. The Balaban J connectivity index is 2.33. The smallest absolute Gasteiger partial charge is 0.333 e. The van der Waals surface area contributed by atoms with E-state index in [1.807, 2.05) is 13.8 Å². The SMILES string of the molecule is C=C(C)C(=O)OC(C)(C)CCOC(C)(C)CC1CCCO1. The molecule has 0 amide bonds. The van der Waals surface area contributed by atoms with Gasteiger partial charge in [-0.25, -0.2) is 4.79 Å². The summed E-state index contributed by atoms with van der Waals surface area (Å²) in [7, 11) is 0. The Labute approximate surface area is 128 Å². The molecule has 0 aromatic carbocycles. The second-order valence-electron chi connectivity index (χ2n) is 7.13. The minimum absolute atomic E-state index is 0.219. The van der Waals surface area contributed by atoms with Crippen LogP contribution in [-0.4, -0.2) is 36.5 Å². The molecule has 0 saturated carbocycles. The van der Waals surface area contributed by atoms with Crippen molar-refractivity contribution in [3.63, 3.8) is 0 Å². The zero-order chi connectivity index (χ0) is 16.1. The maximum Gasteiger partial charge on any atom is 0.333 e. The normalized spacial score (nSPS) is 19.6.